The van der Waals surface area contributed by atoms with Crippen molar-refractivity contribution in [2.75, 3.05) is 20.8 Å². The second kappa shape index (κ2) is 6.42. The molecule has 1 aliphatic rings. The first-order chi connectivity index (χ1) is 10.5. The lowest BCUT2D eigenvalue weighted by Crippen LogP contribution is -2.36. The van der Waals surface area contributed by atoms with Gasteiger partial charge < -0.3 is 19.5 Å². The fourth-order valence-electron chi connectivity index (χ4n) is 2.48. The monoisotopic (exact) mass is 309 g/mol. The van der Waals surface area contributed by atoms with Crippen molar-refractivity contribution in [3.8, 4) is 11.5 Å². The van der Waals surface area contributed by atoms with Crippen LogP contribution in [0.15, 0.2) is 12.1 Å². The summed E-state index contributed by atoms with van der Waals surface area (Å²) >= 11 is 0. The number of likely N-dealkylation sites (tertiary alicyclic amines) is 1. The van der Waals surface area contributed by atoms with Crippen LogP contribution in [0.2, 0.25) is 0 Å². The lowest BCUT2D eigenvalue weighted by atomic mass is 10.1. The van der Waals surface area contributed by atoms with Crippen molar-refractivity contribution >= 4 is 17.9 Å². The maximum absolute atomic E-state index is 12.6. The van der Waals surface area contributed by atoms with Gasteiger partial charge in [0.1, 0.15) is 11.8 Å². The van der Waals surface area contributed by atoms with Gasteiger partial charge in [0.25, 0.3) is 10.8 Å². The fourth-order valence-corrected chi connectivity index (χ4v) is 2.48. The molecular weight excluding hydrogens is 292 g/mol. The Bertz CT molecular complexity index is 616. The zero-order valence-electron chi connectivity index (χ0n) is 12.3. The molecule has 1 heterocycles. The second-order valence-corrected chi connectivity index (χ2v) is 4.83. The molecule has 0 saturated carbocycles. The summed E-state index contributed by atoms with van der Waals surface area (Å²) in [6, 6.07) is 1.84. The molecule has 1 fully saturated rings. The Labute approximate surface area is 126 Å². The Kier molecular flexibility index (Phi) is 4.59. The predicted molar refractivity (Wildman–Crippen MR) is 75.1 cm³/mol. The van der Waals surface area contributed by atoms with Crippen molar-refractivity contribution in [3.05, 3.63) is 22.6 Å². The zero-order chi connectivity index (χ0) is 16.3. The first-order valence-electron chi connectivity index (χ1n) is 6.72. The van der Waals surface area contributed by atoms with Gasteiger partial charge >= 0.3 is 5.69 Å². The number of phenols is 1. The van der Waals surface area contributed by atoms with Gasteiger partial charge in [-0.1, -0.05) is 0 Å². The van der Waals surface area contributed by atoms with Crippen LogP contribution in [0.25, 0.3) is 0 Å². The largest absolute Gasteiger partial charge is 0.504 e. The smallest absolute Gasteiger partial charge is 0.333 e. The Morgan fingerprint density at radius 2 is 2.18 bits per heavy atom. The normalized spacial score (nSPS) is 17.2. The number of carbonyl (C=O) groups excluding carboxylic acids is 2. The summed E-state index contributed by atoms with van der Waals surface area (Å²) in [4.78, 5) is 41.5. The van der Waals surface area contributed by atoms with Crippen molar-refractivity contribution in [1.82, 2.24) is 4.90 Å². The van der Waals surface area contributed by atoms with E-state index in [1.165, 1.54) is 18.1 Å². The summed E-state index contributed by atoms with van der Waals surface area (Å²) < 4.78 is 4.97. The summed E-state index contributed by atoms with van der Waals surface area (Å²) in [5, 5.41) is 9.78. The van der Waals surface area contributed by atoms with Crippen LogP contribution in [-0.2, 0) is 9.63 Å². The van der Waals surface area contributed by atoms with Gasteiger partial charge in [-0.25, -0.2) is 4.84 Å². The molecule has 0 spiro atoms. The highest BCUT2D eigenvalue weighted by atomic mass is 16.8. The molecule has 0 unspecified atom stereocenters. The Hall–Kier alpha value is -2.64. The molecule has 1 aromatic carbocycles. The number of methoxy groups -OCH3 is 1. The maximum atomic E-state index is 12.6. The number of ether oxygens (including phenoxy) is 1. The summed E-state index contributed by atoms with van der Waals surface area (Å²) in [5.74, 6) is -0.723. The molecule has 1 amide bonds. The van der Waals surface area contributed by atoms with E-state index >= 15 is 0 Å². The molecule has 1 aliphatic heterocycles. The van der Waals surface area contributed by atoms with Gasteiger partial charge in [-0.2, -0.15) is 0 Å². The molecule has 0 radical (unpaired) electrons. The average molecular weight is 309 g/mol. The first kappa shape index (κ1) is 15.7. The highest BCUT2D eigenvalue weighted by Crippen LogP contribution is 2.35. The quantitative estimate of drug-likeness (QED) is 0.648. The van der Waals surface area contributed by atoms with Crippen molar-refractivity contribution in [2.45, 2.75) is 18.9 Å². The molecule has 0 aromatic heterocycles. The first-order valence-corrected chi connectivity index (χ1v) is 6.72. The van der Waals surface area contributed by atoms with Crippen LogP contribution in [0.3, 0.4) is 0 Å². The van der Waals surface area contributed by atoms with Gasteiger partial charge in [-0.05, 0) is 12.8 Å². The van der Waals surface area contributed by atoms with E-state index in [9.17, 15) is 19.6 Å². The van der Waals surface area contributed by atoms with Crippen LogP contribution in [0.4, 0.5) is 5.69 Å². The maximum Gasteiger partial charge on any atom is 0.333 e. The van der Waals surface area contributed by atoms with E-state index < -0.39 is 11.9 Å². The number of rotatable bonds is 5. The van der Waals surface area contributed by atoms with Gasteiger partial charge in [-0.15, -0.1) is 0 Å². The van der Waals surface area contributed by atoms with E-state index in [0.717, 1.165) is 13.2 Å². The third kappa shape index (κ3) is 2.72. The molecule has 1 saturated heterocycles. The van der Waals surface area contributed by atoms with Crippen LogP contribution in [-0.4, -0.2) is 53.9 Å². The third-order valence-corrected chi connectivity index (χ3v) is 3.61. The number of carbonyl (C=O) groups is 2. The standard InChI is InChI=1S/C14H16N2O6/c1-21-13-6-10(11(7-12(13)18)16(20)22-2)14(19)15-5-3-4-9(15)8-17/h6-9H,3-5H2,1-2H3/p+1/t9-/m0/s1. The van der Waals surface area contributed by atoms with Crippen LogP contribution in [0, 0.1) is 4.91 Å². The molecule has 1 atom stereocenters. The van der Waals surface area contributed by atoms with Crippen molar-refractivity contribution in [3.63, 3.8) is 0 Å². The average Bonchev–Trinajstić information content (AvgIpc) is 3.01. The minimum absolute atomic E-state index is 0.000231. The molecule has 22 heavy (non-hydrogen) atoms. The second-order valence-electron chi connectivity index (χ2n) is 4.83. The minimum Gasteiger partial charge on any atom is -0.504 e. The number of aromatic hydroxyl groups is 1. The molecule has 1 N–H and O–H groups in total. The van der Waals surface area contributed by atoms with Gasteiger partial charge in [0, 0.05) is 12.6 Å². The summed E-state index contributed by atoms with van der Waals surface area (Å²) in [7, 11) is 2.48. The minimum atomic E-state index is -0.511. The van der Waals surface area contributed by atoms with Crippen LogP contribution >= 0.6 is 0 Å². The van der Waals surface area contributed by atoms with Crippen LogP contribution < -0.4 is 4.74 Å². The highest BCUT2D eigenvalue weighted by Gasteiger charge is 2.35. The van der Waals surface area contributed by atoms with E-state index in [2.05, 4.69) is 4.84 Å². The van der Waals surface area contributed by atoms with E-state index in [1.54, 1.807) is 0 Å². The van der Waals surface area contributed by atoms with E-state index in [-0.39, 0.29) is 27.7 Å². The summed E-state index contributed by atoms with van der Waals surface area (Å²) in [5.41, 5.74) is -0.150. The molecule has 8 heteroatoms. The lowest BCUT2D eigenvalue weighted by molar-refractivity contribution is -0.736. The molecule has 1 aromatic rings. The number of phenolic OH excluding ortho intramolecular Hbond substituents is 1. The van der Waals surface area contributed by atoms with Crippen molar-refractivity contribution in [2.24, 2.45) is 0 Å². The number of hydrogen-bond donors (Lipinski definition) is 1. The van der Waals surface area contributed by atoms with Crippen molar-refractivity contribution < 1.29 is 29.2 Å². The molecule has 0 aliphatic carbocycles. The topological polar surface area (TPSA) is 96.2 Å². The number of nitrogens with zero attached hydrogens (tertiary/aromatic N) is 2. The number of hydrogen-bond acceptors (Lipinski definition) is 6. The SMILES string of the molecule is COc1cc(C(=O)N2CCC[C@H]2C=O)c([N+](=O)OC)cc1O. The Morgan fingerprint density at radius 1 is 1.45 bits per heavy atom. The Balaban J connectivity index is 2.49. The molecule has 8 nitrogen and oxygen atoms in total. The number of benzene rings is 1. The third-order valence-electron chi connectivity index (χ3n) is 3.61. The van der Waals surface area contributed by atoms with Gasteiger partial charge in [0.2, 0.25) is 0 Å². The van der Waals surface area contributed by atoms with E-state index in [4.69, 9.17) is 4.74 Å². The van der Waals surface area contributed by atoms with E-state index in [0.29, 0.717) is 25.7 Å². The summed E-state index contributed by atoms with van der Waals surface area (Å²) in [6.45, 7) is 0.427. The highest BCUT2D eigenvalue weighted by molar-refractivity contribution is 6.00. The lowest BCUT2D eigenvalue weighted by Gasteiger charge is -2.20. The Morgan fingerprint density at radius 3 is 2.77 bits per heavy atom. The van der Waals surface area contributed by atoms with Crippen LogP contribution in [0.5, 0.6) is 11.5 Å². The van der Waals surface area contributed by atoms with Gasteiger partial charge in [0.15, 0.2) is 18.6 Å². The predicted octanol–water partition coefficient (Wildman–Crippen LogP) is 1.18. The van der Waals surface area contributed by atoms with Crippen LogP contribution in [0.1, 0.15) is 23.2 Å². The van der Waals surface area contributed by atoms with Gasteiger partial charge in [0.05, 0.1) is 24.1 Å². The fraction of sp³-hybridized carbons (Fsp3) is 0.429. The van der Waals surface area contributed by atoms with Gasteiger partial charge in [-0.3, -0.25) is 4.79 Å². The summed E-state index contributed by atoms with van der Waals surface area (Å²) in [6.07, 6.45) is 2.02. The van der Waals surface area contributed by atoms with E-state index in [1.807, 2.05) is 0 Å². The van der Waals surface area contributed by atoms with Crippen molar-refractivity contribution in [1.29, 1.82) is 0 Å². The molecule has 118 valence electrons. The number of aldehydes is 1. The zero-order valence-corrected chi connectivity index (χ0v) is 12.3. The molecule has 0 bridgehead atoms. The number of amides is 1. The molecular formula is C14H17N2O6+. The molecule has 2 rings (SSSR count).